The molecule has 1 saturated heterocycles. The van der Waals surface area contributed by atoms with Gasteiger partial charge in [0.25, 0.3) is 0 Å². The molecule has 0 aromatic carbocycles. The lowest BCUT2D eigenvalue weighted by Gasteiger charge is -2.32. The van der Waals surface area contributed by atoms with E-state index in [1.165, 1.54) is 0 Å². The number of hydrogen-bond donors (Lipinski definition) is 2. The van der Waals surface area contributed by atoms with Crippen LogP contribution >= 0.6 is 0 Å². The van der Waals surface area contributed by atoms with Crippen molar-refractivity contribution in [3.05, 3.63) is 0 Å². The number of nitrogens with one attached hydrogen (secondary N) is 1. The van der Waals surface area contributed by atoms with Gasteiger partial charge in [-0.2, -0.15) is 0 Å². The molecule has 2 aliphatic rings. The summed E-state index contributed by atoms with van der Waals surface area (Å²) in [5.41, 5.74) is 5.90. The second-order valence-corrected chi connectivity index (χ2v) is 6.35. The van der Waals surface area contributed by atoms with Crippen LogP contribution in [-0.2, 0) is 9.59 Å². The number of rotatable bonds is 4. The van der Waals surface area contributed by atoms with E-state index in [0.29, 0.717) is 13.0 Å². The lowest BCUT2D eigenvalue weighted by molar-refractivity contribution is -0.132. The summed E-state index contributed by atoms with van der Waals surface area (Å²) in [5.74, 6) is 0.243. The van der Waals surface area contributed by atoms with Crippen LogP contribution in [0.15, 0.2) is 0 Å². The van der Waals surface area contributed by atoms with Crippen molar-refractivity contribution in [2.75, 3.05) is 39.8 Å². The first-order chi connectivity index (χ1) is 10.1. The first-order valence-electron chi connectivity index (χ1n) is 8.06. The second kappa shape index (κ2) is 7.75. The monoisotopic (exact) mass is 296 g/mol. The third-order valence-corrected chi connectivity index (χ3v) is 4.58. The summed E-state index contributed by atoms with van der Waals surface area (Å²) >= 11 is 0. The summed E-state index contributed by atoms with van der Waals surface area (Å²) in [6, 6.07) is 0.154. The summed E-state index contributed by atoms with van der Waals surface area (Å²) in [4.78, 5) is 28.2. The Bertz CT molecular complexity index is 367. The van der Waals surface area contributed by atoms with Gasteiger partial charge in [0, 0.05) is 51.1 Å². The van der Waals surface area contributed by atoms with Crippen LogP contribution in [0.25, 0.3) is 0 Å². The standard InChI is InChI=1S/C15H28N4O2/c1-18-7-9-19(10-8-18)14(20)5-6-17-15(21)12-3-2-4-13(16)11-12/h12-13H,2-11,16H2,1H3,(H,17,21). The van der Waals surface area contributed by atoms with Crippen molar-refractivity contribution in [2.24, 2.45) is 11.7 Å². The van der Waals surface area contributed by atoms with Gasteiger partial charge in [-0.15, -0.1) is 0 Å². The van der Waals surface area contributed by atoms with E-state index in [-0.39, 0.29) is 23.8 Å². The fourth-order valence-corrected chi connectivity index (χ4v) is 3.12. The lowest BCUT2D eigenvalue weighted by Crippen LogP contribution is -2.48. The quantitative estimate of drug-likeness (QED) is 0.752. The minimum Gasteiger partial charge on any atom is -0.355 e. The minimum absolute atomic E-state index is 0.0347. The van der Waals surface area contributed by atoms with Gasteiger partial charge in [-0.05, 0) is 26.3 Å². The van der Waals surface area contributed by atoms with Gasteiger partial charge in [-0.25, -0.2) is 0 Å². The maximum atomic E-state index is 12.1. The van der Waals surface area contributed by atoms with Crippen LogP contribution in [0.2, 0.25) is 0 Å². The fraction of sp³-hybridized carbons (Fsp3) is 0.867. The molecule has 0 aromatic heterocycles. The molecule has 2 rings (SSSR count). The van der Waals surface area contributed by atoms with Gasteiger partial charge in [0.1, 0.15) is 0 Å². The maximum absolute atomic E-state index is 12.1. The zero-order chi connectivity index (χ0) is 15.2. The summed E-state index contributed by atoms with van der Waals surface area (Å²) in [6.07, 6.45) is 4.14. The highest BCUT2D eigenvalue weighted by Crippen LogP contribution is 2.23. The Morgan fingerprint density at radius 1 is 1.19 bits per heavy atom. The molecule has 6 heteroatoms. The maximum Gasteiger partial charge on any atom is 0.224 e. The van der Waals surface area contributed by atoms with E-state index in [9.17, 15) is 9.59 Å². The molecule has 1 aliphatic carbocycles. The molecule has 0 bridgehead atoms. The Kier molecular flexibility index (Phi) is 5.99. The summed E-state index contributed by atoms with van der Waals surface area (Å²) in [6.45, 7) is 3.88. The van der Waals surface area contributed by atoms with Gasteiger partial charge in [-0.1, -0.05) is 6.42 Å². The zero-order valence-corrected chi connectivity index (χ0v) is 13.0. The van der Waals surface area contributed by atoms with Crippen molar-refractivity contribution < 1.29 is 9.59 Å². The molecule has 2 fully saturated rings. The van der Waals surface area contributed by atoms with E-state index < -0.39 is 0 Å². The van der Waals surface area contributed by atoms with Crippen molar-refractivity contribution in [1.82, 2.24) is 15.1 Å². The van der Waals surface area contributed by atoms with E-state index in [4.69, 9.17) is 5.73 Å². The minimum atomic E-state index is 0.0347. The number of piperazine rings is 1. The van der Waals surface area contributed by atoms with Crippen molar-refractivity contribution in [3.63, 3.8) is 0 Å². The predicted octanol–water partition coefficient (Wildman–Crippen LogP) is -0.216. The highest BCUT2D eigenvalue weighted by atomic mass is 16.2. The average Bonchev–Trinajstić information content (AvgIpc) is 2.47. The van der Waals surface area contributed by atoms with Crippen LogP contribution in [0, 0.1) is 5.92 Å². The van der Waals surface area contributed by atoms with E-state index >= 15 is 0 Å². The Balaban J connectivity index is 1.64. The SMILES string of the molecule is CN1CCN(C(=O)CCNC(=O)C2CCCC(N)C2)CC1. The fourth-order valence-electron chi connectivity index (χ4n) is 3.12. The Hall–Kier alpha value is -1.14. The molecular weight excluding hydrogens is 268 g/mol. The number of carbonyl (C=O) groups is 2. The van der Waals surface area contributed by atoms with Gasteiger partial charge in [0.2, 0.25) is 11.8 Å². The van der Waals surface area contributed by atoms with E-state index in [1.54, 1.807) is 0 Å². The molecule has 1 heterocycles. The predicted molar refractivity (Wildman–Crippen MR) is 81.6 cm³/mol. The summed E-state index contributed by atoms with van der Waals surface area (Å²) in [5, 5.41) is 2.90. The highest BCUT2D eigenvalue weighted by molar-refractivity contribution is 5.80. The summed E-state index contributed by atoms with van der Waals surface area (Å²) < 4.78 is 0. The van der Waals surface area contributed by atoms with E-state index in [0.717, 1.165) is 51.9 Å². The van der Waals surface area contributed by atoms with Crippen molar-refractivity contribution in [1.29, 1.82) is 0 Å². The smallest absolute Gasteiger partial charge is 0.224 e. The molecule has 2 unspecified atom stereocenters. The number of likely N-dealkylation sites (N-methyl/N-ethyl adjacent to an activating group) is 1. The van der Waals surface area contributed by atoms with Gasteiger partial charge in [-0.3, -0.25) is 9.59 Å². The largest absolute Gasteiger partial charge is 0.355 e. The van der Waals surface area contributed by atoms with Crippen LogP contribution in [0.5, 0.6) is 0 Å². The lowest BCUT2D eigenvalue weighted by atomic mass is 9.85. The molecular formula is C15H28N4O2. The molecule has 2 amide bonds. The average molecular weight is 296 g/mol. The third kappa shape index (κ3) is 4.97. The van der Waals surface area contributed by atoms with E-state index in [1.807, 2.05) is 4.90 Å². The normalized spacial score (nSPS) is 27.4. The number of hydrogen-bond acceptors (Lipinski definition) is 4. The second-order valence-electron chi connectivity index (χ2n) is 6.35. The van der Waals surface area contributed by atoms with Crippen LogP contribution in [0.4, 0.5) is 0 Å². The molecule has 2 atom stereocenters. The molecule has 3 N–H and O–H groups in total. The Labute approximate surface area is 127 Å². The molecule has 21 heavy (non-hydrogen) atoms. The Morgan fingerprint density at radius 3 is 2.57 bits per heavy atom. The topological polar surface area (TPSA) is 78.7 Å². The van der Waals surface area contributed by atoms with Crippen molar-refractivity contribution in [2.45, 2.75) is 38.1 Å². The van der Waals surface area contributed by atoms with E-state index in [2.05, 4.69) is 17.3 Å². The number of carbonyl (C=O) groups excluding carboxylic acids is 2. The van der Waals surface area contributed by atoms with Gasteiger partial charge < -0.3 is 20.9 Å². The van der Waals surface area contributed by atoms with Crippen LogP contribution in [0.3, 0.4) is 0 Å². The number of nitrogens with two attached hydrogens (primary N) is 1. The van der Waals surface area contributed by atoms with Crippen LogP contribution in [0.1, 0.15) is 32.1 Å². The van der Waals surface area contributed by atoms with Crippen LogP contribution in [-0.4, -0.2) is 67.4 Å². The summed E-state index contributed by atoms with van der Waals surface area (Å²) in [7, 11) is 2.07. The number of amides is 2. The first-order valence-corrected chi connectivity index (χ1v) is 8.06. The van der Waals surface area contributed by atoms with Crippen LogP contribution < -0.4 is 11.1 Å². The molecule has 1 aliphatic heterocycles. The zero-order valence-electron chi connectivity index (χ0n) is 13.0. The molecule has 0 radical (unpaired) electrons. The first kappa shape index (κ1) is 16.2. The molecule has 0 aromatic rings. The van der Waals surface area contributed by atoms with Gasteiger partial charge in [0.05, 0.1) is 0 Å². The van der Waals surface area contributed by atoms with Crippen molar-refractivity contribution >= 4 is 11.8 Å². The third-order valence-electron chi connectivity index (χ3n) is 4.58. The van der Waals surface area contributed by atoms with Gasteiger partial charge >= 0.3 is 0 Å². The van der Waals surface area contributed by atoms with Gasteiger partial charge in [0.15, 0.2) is 0 Å². The number of nitrogens with zero attached hydrogens (tertiary/aromatic N) is 2. The highest BCUT2D eigenvalue weighted by Gasteiger charge is 2.25. The molecule has 0 spiro atoms. The Morgan fingerprint density at radius 2 is 1.90 bits per heavy atom. The van der Waals surface area contributed by atoms with Crippen molar-refractivity contribution in [3.8, 4) is 0 Å². The molecule has 120 valence electrons. The molecule has 1 saturated carbocycles. The molecule has 6 nitrogen and oxygen atoms in total.